The molecule has 0 fully saturated rings. The van der Waals surface area contributed by atoms with Crippen LogP contribution in [-0.2, 0) is 21.8 Å². The minimum absolute atomic E-state index is 0.000598. The summed E-state index contributed by atoms with van der Waals surface area (Å²) >= 11 is 0. The van der Waals surface area contributed by atoms with Gasteiger partial charge in [0.05, 0.1) is 42.2 Å². The Morgan fingerprint density at radius 2 is 0.634 bits per heavy atom. The zero-order valence-corrected chi connectivity index (χ0v) is 45.8. The Morgan fingerprint density at radius 1 is 0.378 bits per heavy atom. The van der Waals surface area contributed by atoms with E-state index < -0.39 is 63.0 Å². The third-order valence-corrected chi connectivity index (χ3v) is 21.5. The lowest BCUT2D eigenvalue weighted by Gasteiger charge is -2.27. The number of alkyl halides is 6. The standard InChI is InChI=1S/2C28H24O3P.C8H3BF6O3/c2*1-31-28(30)23-13-11-12-22(20-23)27(29)21-32(24-14-5-2-6-15-24,25-16-7-3-8-17-25)26-18-9-4-10-19-26;10-7(11,12)4-1-5(8(13,14)15)3-6(2-4)18-9(16)17/h2*2-20H,21H2,1H3;1-3H/q2*+1;-2. The second kappa shape index (κ2) is 27.8. The maximum atomic E-state index is 13.7. The lowest BCUT2D eigenvalue weighted by molar-refractivity contribution is -0.372. The van der Waals surface area contributed by atoms with Crippen LogP contribution in [0.2, 0.25) is 0 Å². The van der Waals surface area contributed by atoms with Gasteiger partial charge in [0.2, 0.25) is 11.6 Å². The van der Waals surface area contributed by atoms with Gasteiger partial charge in [0, 0.05) is 11.1 Å². The summed E-state index contributed by atoms with van der Waals surface area (Å²) in [6.45, 7) is 0. The molecule has 0 heterocycles. The summed E-state index contributed by atoms with van der Waals surface area (Å²) in [5.41, 5.74) is -1.54. The zero-order valence-electron chi connectivity index (χ0n) is 44.0. The van der Waals surface area contributed by atoms with Crippen LogP contribution in [0.3, 0.4) is 0 Å². The van der Waals surface area contributed by atoms with E-state index in [-0.39, 0.29) is 29.8 Å². The van der Waals surface area contributed by atoms with Crippen LogP contribution in [0.15, 0.2) is 249 Å². The molecule has 9 nitrogen and oxygen atoms in total. The average molecular weight is 1150 g/mol. The van der Waals surface area contributed by atoms with Gasteiger partial charge in [-0.1, -0.05) is 133 Å². The molecule has 9 aromatic carbocycles. The highest BCUT2D eigenvalue weighted by atomic mass is 31.2. The maximum Gasteiger partial charge on any atom is 0.416 e. The number of carbonyl (C=O) groups is 4. The number of hydrogen-bond donors (Lipinski definition) is 0. The van der Waals surface area contributed by atoms with Crippen molar-refractivity contribution in [3.63, 3.8) is 0 Å². The molecule has 0 amide bonds. The molecule has 0 saturated heterocycles. The van der Waals surface area contributed by atoms with Gasteiger partial charge < -0.3 is 24.2 Å². The molecular weight excluding hydrogens is 1100 g/mol. The number of benzene rings is 9. The molecule has 0 N–H and O–H groups in total. The Bertz CT molecular complexity index is 3140. The summed E-state index contributed by atoms with van der Waals surface area (Å²) < 4.78 is 87.2. The number of halogens is 6. The Hall–Kier alpha value is -8.52. The Morgan fingerprint density at radius 3 is 0.866 bits per heavy atom. The van der Waals surface area contributed by atoms with Crippen molar-refractivity contribution in [1.29, 1.82) is 0 Å². The first-order valence-electron chi connectivity index (χ1n) is 25.1. The molecule has 0 saturated carbocycles. The number of esters is 2. The summed E-state index contributed by atoms with van der Waals surface area (Å²) in [6.07, 6.45) is -9.45. The predicted molar refractivity (Wildman–Crippen MR) is 307 cm³/mol. The van der Waals surface area contributed by atoms with Crippen molar-refractivity contribution in [2.45, 2.75) is 12.4 Å². The van der Waals surface area contributed by atoms with Crippen LogP contribution in [0.5, 0.6) is 5.75 Å². The van der Waals surface area contributed by atoms with Gasteiger partial charge in [-0.2, -0.15) is 26.3 Å². The molecule has 18 heteroatoms. The summed E-state index contributed by atoms with van der Waals surface area (Å²) in [5, 5.41) is 27.0. The third-order valence-electron chi connectivity index (χ3n) is 12.9. The van der Waals surface area contributed by atoms with Gasteiger partial charge in [-0.25, -0.2) is 9.59 Å². The first kappa shape index (κ1) is 61.1. The van der Waals surface area contributed by atoms with E-state index in [4.69, 9.17) is 9.47 Å². The SMILES string of the molecule is COC(=O)c1cccc(C(=O)C[P+](c2ccccc2)(c2ccccc2)c2ccccc2)c1.COC(=O)c1cccc(C(=O)C[P+](c2ccccc2)(c2ccccc2)c2ccccc2)c1.[O-]B([O-])Oc1cc(C(F)(F)F)cc(C(F)(F)F)c1. The average Bonchev–Trinajstić information content (AvgIpc) is 3.62. The highest BCUT2D eigenvalue weighted by molar-refractivity contribution is 7.96. The van der Waals surface area contributed by atoms with Crippen LogP contribution < -0.4 is 46.5 Å². The highest BCUT2D eigenvalue weighted by Gasteiger charge is 2.49. The molecule has 0 unspecified atom stereocenters. The van der Waals surface area contributed by atoms with Crippen molar-refractivity contribution in [3.8, 4) is 5.75 Å². The lowest BCUT2D eigenvalue weighted by Crippen LogP contribution is -2.50. The summed E-state index contributed by atoms with van der Waals surface area (Å²) in [7, 11) is -4.91. The van der Waals surface area contributed by atoms with Crippen LogP contribution in [0.4, 0.5) is 26.3 Å². The van der Waals surface area contributed by atoms with Gasteiger partial charge in [0.25, 0.3) is 0 Å². The van der Waals surface area contributed by atoms with Crippen LogP contribution in [0, 0.1) is 0 Å². The van der Waals surface area contributed by atoms with E-state index in [2.05, 4.69) is 77.5 Å². The first-order valence-corrected chi connectivity index (χ1v) is 29.1. The number of ether oxygens (including phenoxy) is 2. The van der Waals surface area contributed by atoms with Gasteiger partial charge in [-0.05, 0) is 115 Å². The highest BCUT2D eigenvalue weighted by Crippen LogP contribution is 2.57. The molecule has 0 atom stereocenters. The molecule has 0 aliphatic rings. The van der Waals surface area contributed by atoms with Gasteiger partial charge in [-0.15, -0.1) is 0 Å². The van der Waals surface area contributed by atoms with Crippen molar-refractivity contribution >= 4 is 77.2 Å². The zero-order chi connectivity index (χ0) is 58.9. The van der Waals surface area contributed by atoms with E-state index in [1.54, 1.807) is 48.5 Å². The van der Waals surface area contributed by atoms with Crippen LogP contribution in [0.25, 0.3) is 0 Å². The number of Topliss-reactive ketones (excluding diaryl/α,β-unsaturated/α-hetero) is 2. The Balaban J connectivity index is 0.000000185. The minimum Gasteiger partial charge on any atom is -0.860 e. The van der Waals surface area contributed by atoms with Gasteiger partial charge >= 0.3 is 24.3 Å². The van der Waals surface area contributed by atoms with Crippen LogP contribution in [0.1, 0.15) is 52.6 Å². The van der Waals surface area contributed by atoms with E-state index in [9.17, 15) is 55.6 Å². The van der Waals surface area contributed by atoms with Crippen molar-refractivity contribution < 1.29 is 69.7 Å². The summed E-state index contributed by atoms with van der Waals surface area (Å²) in [6, 6.07) is 75.4. The molecule has 0 spiro atoms. The van der Waals surface area contributed by atoms with Crippen molar-refractivity contribution in [3.05, 3.63) is 282 Å². The fraction of sp³-hybridized carbons (Fsp3) is 0.0938. The molecular formula is C64H51BF6O9P2. The maximum absolute atomic E-state index is 13.7. The van der Waals surface area contributed by atoms with E-state index in [0.717, 1.165) is 31.8 Å². The molecule has 82 heavy (non-hydrogen) atoms. The van der Waals surface area contributed by atoms with Crippen LogP contribution >= 0.6 is 14.5 Å². The van der Waals surface area contributed by atoms with Crippen molar-refractivity contribution in [2.75, 3.05) is 26.5 Å². The summed E-state index contributed by atoms with van der Waals surface area (Å²) in [5.74, 6) is -1.97. The first-order chi connectivity index (χ1) is 39.3. The molecule has 0 aliphatic heterocycles. The van der Waals surface area contributed by atoms with Gasteiger partial charge in [0.1, 0.15) is 66.0 Å². The third kappa shape index (κ3) is 15.1. The number of hydrogen-bond acceptors (Lipinski definition) is 9. The van der Waals surface area contributed by atoms with E-state index >= 15 is 0 Å². The minimum atomic E-state index is -5.05. The van der Waals surface area contributed by atoms with Crippen molar-refractivity contribution in [2.24, 2.45) is 0 Å². The number of methoxy groups -OCH3 is 2. The number of carbonyl (C=O) groups excluding carboxylic acids is 4. The molecule has 9 aromatic rings. The summed E-state index contributed by atoms with van der Waals surface area (Å²) in [4.78, 5) is 51.5. The normalized spacial score (nSPS) is 11.3. The van der Waals surface area contributed by atoms with E-state index in [0.29, 0.717) is 34.6 Å². The molecule has 0 aliphatic carbocycles. The smallest absolute Gasteiger partial charge is 0.416 e. The monoisotopic (exact) mass is 1150 g/mol. The number of rotatable bonds is 16. The molecule has 416 valence electrons. The number of ketones is 2. The topological polar surface area (TPSA) is 142 Å². The van der Waals surface area contributed by atoms with Gasteiger partial charge in [-0.3, -0.25) is 9.59 Å². The molecule has 9 rings (SSSR count). The second-order valence-electron chi connectivity index (χ2n) is 18.1. The Labute approximate surface area is 471 Å². The predicted octanol–water partition coefficient (Wildman–Crippen LogP) is 10.1. The van der Waals surface area contributed by atoms with Gasteiger partial charge in [0.15, 0.2) is 0 Å². The van der Waals surface area contributed by atoms with Crippen LogP contribution in [-0.4, -0.2) is 57.4 Å². The van der Waals surface area contributed by atoms with E-state index in [1.807, 2.05) is 109 Å². The molecule has 0 aromatic heterocycles. The Kier molecular flexibility index (Phi) is 20.7. The lowest BCUT2D eigenvalue weighted by atomic mass is 10.1. The fourth-order valence-corrected chi connectivity index (χ4v) is 17.3. The van der Waals surface area contributed by atoms with E-state index in [1.165, 1.54) is 14.2 Å². The molecule has 0 bridgehead atoms. The molecule has 0 radical (unpaired) electrons. The largest absolute Gasteiger partial charge is 0.860 e. The quantitative estimate of drug-likeness (QED) is 0.0304. The second-order valence-corrected chi connectivity index (χ2v) is 25.1. The fourth-order valence-electron chi connectivity index (χ4n) is 9.13. The van der Waals surface area contributed by atoms with Crippen molar-refractivity contribution in [1.82, 2.24) is 0 Å².